The number of hydrogen-bond acceptors (Lipinski definition) is 5. The quantitative estimate of drug-likeness (QED) is 0.596. The molecule has 7 nitrogen and oxygen atoms in total. The van der Waals surface area contributed by atoms with Crippen molar-refractivity contribution >= 4 is 33.6 Å². The molecule has 1 saturated heterocycles. The molecule has 0 radical (unpaired) electrons. The lowest BCUT2D eigenvalue weighted by Crippen LogP contribution is -2.33. The van der Waals surface area contributed by atoms with Crippen LogP contribution in [0.1, 0.15) is 43.7 Å². The number of aromatic nitrogens is 2. The third-order valence-electron chi connectivity index (χ3n) is 7.77. The maximum Gasteiger partial charge on any atom is 0.493 e. The van der Waals surface area contributed by atoms with Crippen LogP contribution in [0.15, 0.2) is 47.6 Å². The first kappa shape index (κ1) is 20.4. The van der Waals surface area contributed by atoms with Crippen molar-refractivity contribution in [3.63, 3.8) is 0 Å². The van der Waals surface area contributed by atoms with E-state index in [9.17, 15) is 13.4 Å². The highest BCUT2D eigenvalue weighted by atomic mass is 32.2. The minimum absolute atomic E-state index is 0.149. The molecule has 3 aromatic rings. The van der Waals surface area contributed by atoms with Gasteiger partial charge in [0.1, 0.15) is 5.65 Å². The summed E-state index contributed by atoms with van der Waals surface area (Å²) in [5.74, 6) is 0. The summed E-state index contributed by atoms with van der Waals surface area (Å²) >= 11 is 0. The van der Waals surface area contributed by atoms with Crippen molar-refractivity contribution in [1.82, 2.24) is 14.3 Å². The smallest absolute Gasteiger partial charge is 0.423 e. The van der Waals surface area contributed by atoms with Crippen LogP contribution >= 0.6 is 0 Å². The largest absolute Gasteiger partial charge is 0.493 e. The molecule has 1 aromatic carbocycles. The van der Waals surface area contributed by atoms with Crippen LogP contribution in [0.25, 0.3) is 11.0 Å². The summed E-state index contributed by atoms with van der Waals surface area (Å²) in [5.41, 5.74) is 2.91. The summed E-state index contributed by atoms with van der Waals surface area (Å²) in [6, 6.07) is 9.21. The van der Waals surface area contributed by atoms with Gasteiger partial charge in [-0.25, -0.2) is 13.4 Å². The number of rotatable bonds is 3. The molecular weight excluding hydrogens is 425 g/mol. The molecule has 1 aliphatic carbocycles. The molecule has 6 rings (SSSR count). The van der Waals surface area contributed by atoms with Crippen LogP contribution in [0.5, 0.6) is 0 Å². The molecule has 2 aliphatic heterocycles. The molecule has 166 valence electrons. The van der Waals surface area contributed by atoms with E-state index in [1.807, 2.05) is 24.4 Å². The fourth-order valence-corrected chi connectivity index (χ4v) is 7.67. The fraction of sp³-hybridized carbons (Fsp3) is 0.435. The molecular formula is C23H26BN3O4S. The normalized spacial score (nSPS) is 27.9. The van der Waals surface area contributed by atoms with Crippen molar-refractivity contribution in [2.75, 3.05) is 13.1 Å². The lowest BCUT2D eigenvalue weighted by Gasteiger charge is -2.30. The Hall–Kier alpha value is -2.20. The number of H-pyrrole nitrogens is 1. The van der Waals surface area contributed by atoms with Crippen LogP contribution in [0.2, 0.25) is 0 Å². The number of fused-ring (bicyclic) bond motifs is 4. The molecule has 3 aliphatic rings. The third kappa shape index (κ3) is 2.84. The van der Waals surface area contributed by atoms with E-state index >= 15 is 0 Å². The molecule has 2 unspecified atom stereocenters. The van der Waals surface area contributed by atoms with Gasteiger partial charge in [0, 0.05) is 36.3 Å². The third-order valence-corrected chi connectivity index (χ3v) is 9.63. The number of pyridine rings is 1. The van der Waals surface area contributed by atoms with Gasteiger partial charge in [-0.3, -0.25) is 0 Å². The zero-order valence-corrected chi connectivity index (χ0v) is 18.9. The Bertz CT molecular complexity index is 1310. The lowest BCUT2D eigenvalue weighted by atomic mass is 9.77. The fourth-order valence-electron chi connectivity index (χ4n) is 6.11. The van der Waals surface area contributed by atoms with Gasteiger partial charge < -0.3 is 14.7 Å². The Kier molecular flexibility index (Phi) is 4.40. The molecule has 0 bridgehead atoms. The molecule has 2 atom stereocenters. The average Bonchev–Trinajstić information content (AvgIpc) is 3.56. The molecule has 2 spiro atoms. The summed E-state index contributed by atoms with van der Waals surface area (Å²) < 4.78 is 34.5. The van der Waals surface area contributed by atoms with Gasteiger partial charge in [0.05, 0.1) is 10.5 Å². The second-order valence-corrected chi connectivity index (χ2v) is 11.5. The van der Waals surface area contributed by atoms with Crippen LogP contribution in [0.4, 0.5) is 0 Å². The molecule has 2 fully saturated rings. The van der Waals surface area contributed by atoms with E-state index in [1.54, 1.807) is 22.6 Å². The minimum Gasteiger partial charge on any atom is -0.423 e. The number of nitrogens with one attached hydrogen (secondary N) is 1. The van der Waals surface area contributed by atoms with E-state index in [0.29, 0.717) is 24.4 Å². The van der Waals surface area contributed by atoms with Gasteiger partial charge in [-0.15, -0.1) is 0 Å². The Morgan fingerprint density at radius 3 is 2.81 bits per heavy atom. The van der Waals surface area contributed by atoms with Crippen LogP contribution in [0.3, 0.4) is 0 Å². The molecule has 9 heteroatoms. The van der Waals surface area contributed by atoms with E-state index < -0.39 is 22.7 Å². The van der Waals surface area contributed by atoms with Crippen LogP contribution in [0, 0.1) is 5.41 Å². The molecule has 0 amide bonds. The topological polar surface area (TPSA) is 95.5 Å². The molecule has 32 heavy (non-hydrogen) atoms. The zero-order chi connectivity index (χ0) is 22.1. The first-order valence-corrected chi connectivity index (χ1v) is 12.7. The zero-order valence-electron chi connectivity index (χ0n) is 18.0. The van der Waals surface area contributed by atoms with Crippen LogP contribution in [-0.2, 0) is 26.7 Å². The van der Waals surface area contributed by atoms with E-state index in [2.05, 4.69) is 16.9 Å². The maximum absolute atomic E-state index is 13.3. The monoisotopic (exact) mass is 451 g/mol. The summed E-state index contributed by atoms with van der Waals surface area (Å²) in [5, 5.41) is 11.6. The number of aromatic amines is 1. The van der Waals surface area contributed by atoms with E-state index in [1.165, 1.54) is 0 Å². The maximum atomic E-state index is 13.3. The van der Waals surface area contributed by atoms with Gasteiger partial charge >= 0.3 is 7.12 Å². The Morgan fingerprint density at radius 2 is 2.03 bits per heavy atom. The first-order valence-electron chi connectivity index (χ1n) is 11.3. The summed E-state index contributed by atoms with van der Waals surface area (Å²) in [6.45, 7) is 3.06. The van der Waals surface area contributed by atoms with Gasteiger partial charge in [0.25, 0.3) is 0 Å². The second-order valence-electron chi connectivity index (χ2n) is 9.56. The van der Waals surface area contributed by atoms with Crippen molar-refractivity contribution in [2.24, 2.45) is 5.41 Å². The lowest BCUT2D eigenvalue weighted by molar-refractivity contribution is 0.0555. The number of sulfonamides is 1. The van der Waals surface area contributed by atoms with Gasteiger partial charge in [-0.2, -0.15) is 4.31 Å². The van der Waals surface area contributed by atoms with Crippen LogP contribution in [-0.4, -0.2) is 47.9 Å². The Labute approximate surface area is 188 Å². The van der Waals surface area contributed by atoms with Gasteiger partial charge in [-0.1, -0.05) is 19.1 Å². The summed E-state index contributed by atoms with van der Waals surface area (Å²) in [7, 11) is -4.53. The Balaban J connectivity index is 1.30. The number of benzene rings is 1. The number of nitrogens with zero attached hydrogens (tertiary/aromatic N) is 2. The predicted molar refractivity (Wildman–Crippen MR) is 122 cm³/mol. The van der Waals surface area contributed by atoms with Gasteiger partial charge in [0.2, 0.25) is 10.0 Å². The average molecular weight is 451 g/mol. The minimum atomic E-state index is -3.53. The number of aryl methyl sites for hydroxylation is 1. The van der Waals surface area contributed by atoms with Crippen LogP contribution < -0.4 is 5.46 Å². The van der Waals surface area contributed by atoms with Gasteiger partial charge in [0.15, 0.2) is 0 Å². The van der Waals surface area contributed by atoms with E-state index in [4.69, 9.17) is 4.65 Å². The highest BCUT2D eigenvalue weighted by molar-refractivity contribution is 7.89. The molecule has 4 heterocycles. The van der Waals surface area contributed by atoms with Crippen molar-refractivity contribution in [1.29, 1.82) is 0 Å². The summed E-state index contributed by atoms with van der Waals surface area (Å²) in [4.78, 5) is 7.92. The Morgan fingerprint density at radius 1 is 1.22 bits per heavy atom. The van der Waals surface area contributed by atoms with Crippen molar-refractivity contribution in [3.8, 4) is 0 Å². The highest BCUT2D eigenvalue weighted by Gasteiger charge is 2.59. The first-order chi connectivity index (χ1) is 15.4. The SMILES string of the molecule is CCc1ccc(S(=O)(=O)N2CCC3(CCC4(C3)OB(O)c3cnc5[nH]ccc5c34)C2)cc1. The standard InChI is InChI=1S/C23H26BN3O4S/c1-2-16-3-5-17(6-4-16)32(29,30)27-12-10-22(15-27)8-9-23(14-22)20-18-7-11-25-21(18)26-13-19(20)24(28)31-23/h3-7,11,13,28H,2,8-10,12,14-15H2,1H3,(H,25,26). The predicted octanol–water partition coefficient (Wildman–Crippen LogP) is 2.30. The summed E-state index contributed by atoms with van der Waals surface area (Å²) in [6.07, 6.45) is 7.58. The van der Waals surface area contributed by atoms with E-state index in [-0.39, 0.29) is 5.41 Å². The molecule has 2 N–H and O–H groups in total. The van der Waals surface area contributed by atoms with Crippen molar-refractivity contribution in [3.05, 3.63) is 53.9 Å². The second kappa shape index (κ2) is 6.90. The van der Waals surface area contributed by atoms with Crippen molar-refractivity contribution < 1.29 is 18.1 Å². The molecule has 2 aromatic heterocycles. The van der Waals surface area contributed by atoms with Gasteiger partial charge in [-0.05, 0) is 66.8 Å². The van der Waals surface area contributed by atoms with Crippen molar-refractivity contribution in [2.45, 2.75) is 49.5 Å². The van der Waals surface area contributed by atoms with E-state index in [0.717, 1.165) is 53.3 Å². The number of hydrogen-bond donors (Lipinski definition) is 2. The molecule has 1 saturated carbocycles. The highest BCUT2D eigenvalue weighted by Crippen LogP contribution is 2.58.